The van der Waals surface area contributed by atoms with Crippen LogP contribution in [0.4, 0.5) is 0 Å². The van der Waals surface area contributed by atoms with Gasteiger partial charge in [0.05, 0.1) is 16.8 Å². The molecular formula is C21H21N3O. The zero-order valence-corrected chi connectivity index (χ0v) is 14.4. The van der Waals surface area contributed by atoms with E-state index in [0.717, 1.165) is 47.2 Å². The van der Waals surface area contributed by atoms with Crippen LogP contribution in [0.1, 0.15) is 30.1 Å². The fourth-order valence-corrected chi connectivity index (χ4v) is 3.57. The van der Waals surface area contributed by atoms with Crippen molar-refractivity contribution in [2.45, 2.75) is 19.8 Å². The molecule has 0 spiro atoms. The molecule has 0 aliphatic carbocycles. The van der Waals surface area contributed by atoms with Gasteiger partial charge in [-0.1, -0.05) is 25.1 Å². The van der Waals surface area contributed by atoms with E-state index in [1.165, 1.54) is 6.42 Å². The van der Waals surface area contributed by atoms with Gasteiger partial charge in [0.1, 0.15) is 0 Å². The number of carbonyl (C=O) groups is 1. The van der Waals surface area contributed by atoms with Crippen LogP contribution in [-0.2, 0) is 0 Å². The van der Waals surface area contributed by atoms with Crippen molar-refractivity contribution in [1.29, 1.82) is 0 Å². The third kappa shape index (κ3) is 3.12. The van der Waals surface area contributed by atoms with Gasteiger partial charge in [-0.15, -0.1) is 0 Å². The monoisotopic (exact) mass is 331 g/mol. The molecule has 3 aromatic rings. The molecule has 126 valence electrons. The van der Waals surface area contributed by atoms with Crippen LogP contribution in [0.15, 0.2) is 54.9 Å². The lowest BCUT2D eigenvalue weighted by molar-refractivity contribution is 0.0685. The molecule has 25 heavy (non-hydrogen) atoms. The van der Waals surface area contributed by atoms with Gasteiger partial charge in [0.25, 0.3) is 5.91 Å². The van der Waals surface area contributed by atoms with Crippen LogP contribution >= 0.6 is 0 Å². The summed E-state index contributed by atoms with van der Waals surface area (Å²) in [6.07, 6.45) is 5.77. The fraction of sp³-hybridized carbons (Fsp3) is 0.286. The minimum Gasteiger partial charge on any atom is -0.338 e. The molecule has 4 heteroatoms. The van der Waals surface area contributed by atoms with Crippen molar-refractivity contribution in [3.63, 3.8) is 0 Å². The molecule has 1 aliphatic rings. The number of nitrogens with zero attached hydrogens (tertiary/aromatic N) is 3. The van der Waals surface area contributed by atoms with Crippen LogP contribution in [-0.4, -0.2) is 33.9 Å². The molecular weight excluding hydrogens is 310 g/mol. The molecule has 1 amide bonds. The Morgan fingerprint density at radius 2 is 1.96 bits per heavy atom. The Bertz CT molecular complexity index is 907. The fourth-order valence-electron chi connectivity index (χ4n) is 3.57. The first kappa shape index (κ1) is 15.8. The molecule has 4 nitrogen and oxygen atoms in total. The second kappa shape index (κ2) is 6.63. The maximum Gasteiger partial charge on any atom is 0.254 e. The number of hydrogen-bond acceptors (Lipinski definition) is 3. The molecule has 0 unspecified atom stereocenters. The number of fused-ring (bicyclic) bond motifs is 1. The summed E-state index contributed by atoms with van der Waals surface area (Å²) in [6, 6.07) is 13.7. The first-order chi connectivity index (χ1) is 12.2. The lowest BCUT2D eigenvalue weighted by Gasteiger charge is -2.31. The maximum atomic E-state index is 13.2. The highest BCUT2D eigenvalue weighted by molar-refractivity contribution is 6.07. The van der Waals surface area contributed by atoms with Crippen molar-refractivity contribution in [2.75, 3.05) is 13.1 Å². The topological polar surface area (TPSA) is 46.1 Å². The molecule has 1 fully saturated rings. The van der Waals surface area contributed by atoms with Crippen LogP contribution < -0.4 is 0 Å². The second-order valence-electron chi connectivity index (χ2n) is 6.81. The van der Waals surface area contributed by atoms with E-state index in [9.17, 15) is 4.79 Å². The number of benzene rings is 1. The smallest absolute Gasteiger partial charge is 0.254 e. The maximum absolute atomic E-state index is 13.2. The van der Waals surface area contributed by atoms with Crippen molar-refractivity contribution >= 4 is 16.8 Å². The summed E-state index contributed by atoms with van der Waals surface area (Å²) < 4.78 is 0. The first-order valence-electron chi connectivity index (χ1n) is 8.82. The minimum absolute atomic E-state index is 0.112. The summed E-state index contributed by atoms with van der Waals surface area (Å²) in [5.41, 5.74) is 3.38. The second-order valence-corrected chi connectivity index (χ2v) is 6.81. The number of carbonyl (C=O) groups excluding carboxylic acids is 1. The standard InChI is InChI=1S/C21H21N3O/c1-15-5-4-12-24(14-15)21(25)18-13-20(16-8-10-22-11-9-16)23-19-7-3-2-6-17(18)19/h2-3,6-11,13,15H,4-5,12,14H2,1H3/t15-/m1/s1. The van der Waals surface area contributed by atoms with Gasteiger partial charge >= 0.3 is 0 Å². The number of pyridine rings is 2. The molecule has 1 saturated heterocycles. The molecule has 0 saturated carbocycles. The average Bonchev–Trinajstić information content (AvgIpc) is 2.67. The summed E-state index contributed by atoms with van der Waals surface area (Å²) >= 11 is 0. The molecule has 1 atom stereocenters. The SMILES string of the molecule is C[C@@H]1CCCN(C(=O)c2cc(-c3ccncc3)nc3ccccc23)C1. The van der Waals surface area contributed by atoms with Crippen molar-refractivity contribution in [2.24, 2.45) is 5.92 Å². The van der Waals surface area contributed by atoms with Gasteiger partial charge in [0, 0.05) is 36.4 Å². The molecule has 0 N–H and O–H groups in total. The van der Waals surface area contributed by atoms with Crippen LogP contribution in [0.2, 0.25) is 0 Å². The number of amides is 1. The highest BCUT2D eigenvalue weighted by Crippen LogP contribution is 2.27. The molecule has 1 aromatic carbocycles. The Kier molecular flexibility index (Phi) is 4.18. The van der Waals surface area contributed by atoms with Crippen molar-refractivity contribution in [1.82, 2.24) is 14.9 Å². The van der Waals surface area contributed by atoms with Gasteiger partial charge in [-0.25, -0.2) is 4.98 Å². The Hall–Kier alpha value is -2.75. The zero-order valence-electron chi connectivity index (χ0n) is 14.4. The molecule has 4 rings (SSSR count). The highest BCUT2D eigenvalue weighted by atomic mass is 16.2. The lowest BCUT2D eigenvalue weighted by atomic mass is 9.98. The van der Waals surface area contributed by atoms with Gasteiger partial charge in [-0.05, 0) is 43.0 Å². The Balaban J connectivity index is 1.82. The quantitative estimate of drug-likeness (QED) is 0.708. The van der Waals surface area contributed by atoms with Gasteiger partial charge in [0.2, 0.25) is 0 Å². The number of rotatable bonds is 2. The Labute approximate surface area is 147 Å². The van der Waals surface area contributed by atoms with Gasteiger partial charge < -0.3 is 4.90 Å². The number of para-hydroxylation sites is 1. The van der Waals surface area contributed by atoms with Crippen molar-refractivity contribution in [3.8, 4) is 11.3 Å². The summed E-state index contributed by atoms with van der Waals surface area (Å²) in [7, 11) is 0. The Morgan fingerprint density at radius 3 is 2.76 bits per heavy atom. The summed E-state index contributed by atoms with van der Waals surface area (Å²) in [6.45, 7) is 3.89. The predicted molar refractivity (Wildman–Crippen MR) is 99.3 cm³/mol. The van der Waals surface area contributed by atoms with Crippen LogP contribution in [0.5, 0.6) is 0 Å². The number of likely N-dealkylation sites (tertiary alicyclic amines) is 1. The normalized spacial score (nSPS) is 17.6. The number of aromatic nitrogens is 2. The largest absolute Gasteiger partial charge is 0.338 e. The first-order valence-corrected chi connectivity index (χ1v) is 8.82. The molecule has 1 aliphatic heterocycles. The third-order valence-electron chi connectivity index (χ3n) is 4.87. The lowest BCUT2D eigenvalue weighted by Crippen LogP contribution is -2.39. The summed E-state index contributed by atoms with van der Waals surface area (Å²) in [5, 5.41) is 0.920. The van der Waals surface area contributed by atoms with Crippen LogP contribution in [0.3, 0.4) is 0 Å². The van der Waals surface area contributed by atoms with Crippen molar-refractivity contribution < 1.29 is 4.79 Å². The van der Waals surface area contributed by atoms with Gasteiger partial charge in [-0.2, -0.15) is 0 Å². The zero-order chi connectivity index (χ0) is 17.2. The number of hydrogen-bond donors (Lipinski definition) is 0. The number of piperidine rings is 1. The van der Waals surface area contributed by atoms with E-state index in [0.29, 0.717) is 5.92 Å². The van der Waals surface area contributed by atoms with E-state index in [1.54, 1.807) is 12.4 Å². The minimum atomic E-state index is 0.112. The van der Waals surface area contributed by atoms with E-state index in [1.807, 2.05) is 47.4 Å². The molecule has 2 aromatic heterocycles. The molecule has 0 radical (unpaired) electrons. The van der Waals surface area contributed by atoms with E-state index in [4.69, 9.17) is 4.98 Å². The van der Waals surface area contributed by atoms with Gasteiger partial charge in [-0.3, -0.25) is 9.78 Å². The summed E-state index contributed by atoms with van der Waals surface area (Å²) in [5.74, 6) is 0.672. The predicted octanol–water partition coefficient (Wildman–Crippen LogP) is 4.17. The Morgan fingerprint density at radius 1 is 1.16 bits per heavy atom. The van der Waals surface area contributed by atoms with Crippen molar-refractivity contribution in [3.05, 3.63) is 60.4 Å². The van der Waals surface area contributed by atoms with E-state index in [-0.39, 0.29) is 5.91 Å². The third-order valence-corrected chi connectivity index (χ3v) is 4.87. The van der Waals surface area contributed by atoms with Crippen LogP contribution in [0, 0.1) is 5.92 Å². The van der Waals surface area contributed by atoms with E-state index in [2.05, 4.69) is 11.9 Å². The highest BCUT2D eigenvalue weighted by Gasteiger charge is 2.24. The van der Waals surface area contributed by atoms with Crippen LogP contribution in [0.25, 0.3) is 22.2 Å². The van der Waals surface area contributed by atoms with E-state index >= 15 is 0 Å². The van der Waals surface area contributed by atoms with E-state index < -0.39 is 0 Å². The summed E-state index contributed by atoms with van der Waals surface area (Å²) in [4.78, 5) is 24.0. The average molecular weight is 331 g/mol. The van der Waals surface area contributed by atoms with Gasteiger partial charge in [0.15, 0.2) is 0 Å². The molecule has 3 heterocycles. The molecule has 0 bridgehead atoms.